The van der Waals surface area contributed by atoms with Crippen LogP contribution in [0.3, 0.4) is 0 Å². The van der Waals surface area contributed by atoms with Gasteiger partial charge in [-0.3, -0.25) is 4.79 Å². The maximum atomic E-state index is 12.8. The molecule has 8 heteroatoms. The highest BCUT2D eigenvalue weighted by molar-refractivity contribution is 6.31. The first-order chi connectivity index (χ1) is 13.3. The Morgan fingerprint density at radius 2 is 1.89 bits per heavy atom. The lowest BCUT2D eigenvalue weighted by molar-refractivity contribution is -0.137. The molecular weight excluding hydrogens is 391 g/mol. The Morgan fingerprint density at radius 3 is 2.61 bits per heavy atom. The number of rotatable bonds is 3. The van der Waals surface area contributed by atoms with Gasteiger partial charge in [0.05, 0.1) is 11.1 Å². The highest BCUT2D eigenvalue weighted by atomic mass is 35.5. The largest absolute Gasteiger partial charge is 0.416 e. The van der Waals surface area contributed by atoms with E-state index in [1.54, 1.807) is 36.4 Å². The monoisotopic (exact) mass is 401 g/mol. The highest BCUT2D eigenvalue weighted by Crippen LogP contribution is 2.31. The van der Waals surface area contributed by atoms with E-state index in [0.717, 1.165) is 23.6 Å². The summed E-state index contributed by atoms with van der Waals surface area (Å²) in [6.07, 6.45) is -3.30. The number of pyridine rings is 1. The number of halogens is 4. The summed E-state index contributed by atoms with van der Waals surface area (Å²) in [6, 6.07) is 14.7. The third-order valence-corrected chi connectivity index (χ3v) is 4.12. The van der Waals surface area contributed by atoms with Crippen molar-refractivity contribution >= 4 is 40.2 Å². The number of nitrogens with zero attached hydrogens (tertiary/aromatic N) is 2. The number of carbonyl (C=O) groups is 1. The predicted octanol–water partition coefficient (Wildman–Crippen LogP) is 5.45. The number of benzene rings is 2. The van der Waals surface area contributed by atoms with Crippen molar-refractivity contribution in [2.75, 3.05) is 5.32 Å². The number of anilines is 1. The molecule has 0 bridgehead atoms. The van der Waals surface area contributed by atoms with E-state index in [4.69, 9.17) is 11.6 Å². The van der Waals surface area contributed by atoms with E-state index in [-0.39, 0.29) is 16.4 Å². The Labute approximate surface area is 162 Å². The lowest BCUT2D eigenvalue weighted by atomic mass is 10.1. The molecule has 0 saturated heterocycles. The molecule has 0 radical (unpaired) electrons. The van der Waals surface area contributed by atoms with Crippen molar-refractivity contribution in [1.29, 1.82) is 5.26 Å². The van der Waals surface area contributed by atoms with Crippen LogP contribution in [0.5, 0.6) is 0 Å². The molecule has 3 aromatic rings. The number of alkyl halides is 3. The number of hydrogen-bond donors (Lipinski definition) is 1. The van der Waals surface area contributed by atoms with Gasteiger partial charge in [0.1, 0.15) is 16.8 Å². The fraction of sp³-hybridized carbons (Fsp3) is 0.0500. The van der Waals surface area contributed by atoms with Gasteiger partial charge in [-0.1, -0.05) is 35.9 Å². The number of nitriles is 1. The van der Waals surface area contributed by atoms with Crippen LogP contribution in [0, 0.1) is 11.3 Å². The van der Waals surface area contributed by atoms with E-state index in [1.165, 1.54) is 12.1 Å². The molecule has 3 rings (SSSR count). The zero-order chi connectivity index (χ0) is 20.3. The molecule has 1 amide bonds. The summed E-state index contributed by atoms with van der Waals surface area (Å²) in [4.78, 5) is 16.5. The Morgan fingerprint density at radius 1 is 1.14 bits per heavy atom. The van der Waals surface area contributed by atoms with Crippen molar-refractivity contribution in [2.24, 2.45) is 0 Å². The van der Waals surface area contributed by atoms with E-state index in [1.807, 2.05) is 0 Å². The van der Waals surface area contributed by atoms with Crippen LogP contribution in [0.15, 0.2) is 60.2 Å². The number of nitrogens with one attached hydrogen (secondary N) is 1. The molecule has 0 fully saturated rings. The maximum Gasteiger partial charge on any atom is 0.416 e. The second kappa shape index (κ2) is 7.71. The summed E-state index contributed by atoms with van der Waals surface area (Å²) in [5.41, 5.74) is -0.317. The summed E-state index contributed by atoms with van der Waals surface area (Å²) in [6.45, 7) is 0. The van der Waals surface area contributed by atoms with E-state index >= 15 is 0 Å². The van der Waals surface area contributed by atoms with Crippen molar-refractivity contribution in [2.45, 2.75) is 6.18 Å². The summed E-state index contributed by atoms with van der Waals surface area (Å²) >= 11 is 6.12. The Balaban J connectivity index is 1.90. The maximum absolute atomic E-state index is 12.8. The molecule has 0 spiro atoms. The average molecular weight is 402 g/mol. The lowest BCUT2D eigenvalue weighted by Crippen LogP contribution is -2.14. The van der Waals surface area contributed by atoms with Crippen molar-refractivity contribution in [3.63, 3.8) is 0 Å². The molecule has 4 nitrogen and oxygen atoms in total. The smallest absolute Gasteiger partial charge is 0.321 e. The van der Waals surface area contributed by atoms with E-state index < -0.39 is 17.6 Å². The van der Waals surface area contributed by atoms with Crippen molar-refractivity contribution < 1.29 is 18.0 Å². The molecule has 0 saturated carbocycles. The van der Waals surface area contributed by atoms with Crippen molar-refractivity contribution in [3.8, 4) is 6.07 Å². The second-order valence-corrected chi connectivity index (χ2v) is 6.12. The fourth-order valence-electron chi connectivity index (χ4n) is 2.49. The Hall–Kier alpha value is -3.37. The molecule has 0 unspecified atom stereocenters. The second-order valence-electron chi connectivity index (χ2n) is 5.76. The van der Waals surface area contributed by atoms with Crippen LogP contribution in [-0.4, -0.2) is 10.9 Å². The van der Waals surface area contributed by atoms with Gasteiger partial charge in [-0.25, -0.2) is 4.98 Å². The van der Waals surface area contributed by atoms with Crippen LogP contribution in [0.25, 0.3) is 17.0 Å². The molecule has 1 N–H and O–H groups in total. The minimum absolute atomic E-state index is 0.0799. The van der Waals surface area contributed by atoms with Gasteiger partial charge in [0.2, 0.25) is 0 Å². The van der Waals surface area contributed by atoms with Crippen LogP contribution in [0.2, 0.25) is 5.15 Å². The zero-order valence-corrected chi connectivity index (χ0v) is 14.8. The number of para-hydroxylation sites is 1. The summed E-state index contributed by atoms with van der Waals surface area (Å²) in [7, 11) is 0. The van der Waals surface area contributed by atoms with Gasteiger partial charge in [-0.2, -0.15) is 18.4 Å². The lowest BCUT2D eigenvalue weighted by Gasteiger charge is -2.09. The standard InChI is InChI=1S/C20H11ClF3N3O/c21-18-13(8-12-4-1-2-7-17(12)27-18)9-14(11-25)19(28)26-16-6-3-5-15(10-16)20(22,23)24/h1-10H,(H,26,28)/b14-9+. The van der Waals surface area contributed by atoms with Crippen LogP contribution >= 0.6 is 11.6 Å². The normalized spacial score (nSPS) is 11.9. The van der Waals surface area contributed by atoms with Gasteiger partial charge in [-0.15, -0.1) is 0 Å². The minimum Gasteiger partial charge on any atom is -0.321 e. The molecule has 2 aromatic carbocycles. The predicted molar refractivity (Wildman–Crippen MR) is 100 cm³/mol. The molecule has 0 aliphatic heterocycles. The number of carbonyl (C=O) groups excluding carboxylic acids is 1. The number of aromatic nitrogens is 1. The van der Waals surface area contributed by atoms with Gasteiger partial charge in [0.25, 0.3) is 5.91 Å². The number of amides is 1. The van der Waals surface area contributed by atoms with Gasteiger partial charge in [0, 0.05) is 16.6 Å². The molecule has 0 aliphatic rings. The Kier molecular flexibility index (Phi) is 5.34. The average Bonchev–Trinajstić information content (AvgIpc) is 2.65. The molecular formula is C20H11ClF3N3O. The van der Waals surface area contributed by atoms with Gasteiger partial charge in [0.15, 0.2) is 0 Å². The minimum atomic E-state index is -4.54. The SMILES string of the molecule is N#C/C(=C\c1cc2ccccc2nc1Cl)C(=O)Nc1cccc(C(F)(F)F)c1. The molecule has 0 aliphatic carbocycles. The zero-order valence-electron chi connectivity index (χ0n) is 14.1. The number of fused-ring (bicyclic) bond motifs is 1. The van der Waals surface area contributed by atoms with Gasteiger partial charge in [-0.05, 0) is 36.4 Å². The molecule has 0 atom stereocenters. The summed E-state index contributed by atoms with van der Waals surface area (Å²) < 4.78 is 38.4. The molecule has 28 heavy (non-hydrogen) atoms. The summed E-state index contributed by atoms with van der Waals surface area (Å²) in [5.74, 6) is -0.856. The summed E-state index contributed by atoms with van der Waals surface area (Å²) in [5, 5.41) is 12.4. The van der Waals surface area contributed by atoms with Crippen molar-refractivity contribution in [3.05, 3.63) is 76.5 Å². The first kappa shape index (κ1) is 19.4. The Bertz CT molecular complexity index is 1130. The van der Waals surface area contributed by atoms with E-state index in [9.17, 15) is 23.2 Å². The molecule has 140 valence electrons. The van der Waals surface area contributed by atoms with Crippen LogP contribution in [0.1, 0.15) is 11.1 Å². The van der Waals surface area contributed by atoms with E-state index in [0.29, 0.717) is 11.1 Å². The highest BCUT2D eigenvalue weighted by Gasteiger charge is 2.30. The molecule has 1 aromatic heterocycles. The quantitative estimate of drug-likeness (QED) is 0.360. The first-order valence-corrected chi connectivity index (χ1v) is 8.31. The van der Waals surface area contributed by atoms with Gasteiger partial charge >= 0.3 is 6.18 Å². The number of hydrogen-bond acceptors (Lipinski definition) is 3. The van der Waals surface area contributed by atoms with Crippen LogP contribution in [0.4, 0.5) is 18.9 Å². The topological polar surface area (TPSA) is 65.8 Å². The molecule has 1 heterocycles. The van der Waals surface area contributed by atoms with Crippen molar-refractivity contribution in [1.82, 2.24) is 4.98 Å². The first-order valence-electron chi connectivity index (χ1n) is 7.93. The van der Waals surface area contributed by atoms with Crippen LogP contribution in [-0.2, 0) is 11.0 Å². The fourth-order valence-corrected chi connectivity index (χ4v) is 2.69. The third-order valence-electron chi connectivity index (χ3n) is 3.82. The van der Waals surface area contributed by atoms with Crippen LogP contribution < -0.4 is 5.32 Å². The third kappa shape index (κ3) is 4.30. The van der Waals surface area contributed by atoms with Gasteiger partial charge < -0.3 is 5.32 Å². The van der Waals surface area contributed by atoms with E-state index in [2.05, 4.69) is 10.3 Å².